The van der Waals surface area contributed by atoms with Gasteiger partial charge < -0.3 is 10.1 Å². The van der Waals surface area contributed by atoms with E-state index in [0.717, 1.165) is 42.5 Å². The average molecular weight is 321 g/mol. The molecular weight excluding hydrogens is 298 g/mol. The van der Waals surface area contributed by atoms with Gasteiger partial charge in [-0.2, -0.15) is 9.47 Å². The lowest BCUT2D eigenvalue weighted by molar-refractivity contribution is 0.00559. The van der Waals surface area contributed by atoms with Crippen LogP contribution in [0.25, 0.3) is 0 Å². The van der Waals surface area contributed by atoms with E-state index in [1.807, 2.05) is 10.9 Å². The molecule has 1 fully saturated rings. The van der Waals surface area contributed by atoms with E-state index < -0.39 is 0 Å². The maximum Gasteiger partial charge on any atom is 0.202 e. The molecule has 0 radical (unpaired) electrons. The first kappa shape index (κ1) is 15.4. The van der Waals surface area contributed by atoms with Crippen LogP contribution in [-0.4, -0.2) is 31.8 Å². The van der Waals surface area contributed by atoms with Gasteiger partial charge in [0.15, 0.2) is 0 Å². The van der Waals surface area contributed by atoms with Crippen LogP contribution in [0.3, 0.4) is 0 Å². The summed E-state index contributed by atoms with van der Waals surface area (Å²) < 4.78 is 12.3. The zero-order valence-corrected chi connectivity index (χ0v) is 14.1. The molecule has 1 N–H and O–H groups in total. The van der Waals surface area contributed by atoms with Gasteiger partial charge in [-0.05, 0) is 19.8 Å². The topological polar surface area (TPSA) is 64.9 Å². The summed E-state index contributed by atoms with van der Waals surface area (Å²) in [4.78, 5) is 4.57. The second-order valence-corrected chi connectivity index (χ2v) is 6.68. The number of anilines is 1. The van der Waals surface area contributed by atoms with Gasteiger partial charge in [-0.25, -0.2) is 4.98 Å². The zero-order valence-electron chi connectivity index (χ0n) is 13.3. The number of ether oxygens (including phenoxy) is 1. The van der Waals surface area contributed by atoms with Gasteiger partial charge in [0.1, 0.15) is 11.9 Å². The molecule has 1 aliphatic rings. The van der Waals surface area contributed by atoms with Crippen LogP contribution in [0, 0.1) is 0 Å². The molecular formula is C15H23N5OS. The van der Waals surface area contributed by atoms with Crippen molar-refractivity contribution >= 4 is 16.7 Å². The van der Waals surface area contributed by atoms with E-state index in [1.165, 1.54) is 11.5 Å². The minimum Gasteiger partial charge on any atom is -0.371 e. The molecule has 22 heavy (non-hydrogen) atoms. The molecule has 0 aromatic carbocycles. The molecule has 1 aliphatic heterocycles. The summed E-state index contributed by atoms with van der Waals surface area (Å²) in [5, 5.41) is 8.76. The molecule has 1 saturated heterocycles. The number of aryl methyl sites for hydroxylation is 1. The summed E-state index contributed by atoms with van der Waals surface area (Å²) in [6, 6.07) is 0.219. The lowest BCUT2D eigenvalue weighted by Crippen LogP contribution is -2.33. The highest BCUT2D eigenvalue weighted by atomic mass is 32.1. The first-order valence-electron chi connectivity index (χ1n) is 7.91. The molecule has 0 aliphatic carbocycles. The number of aromatic nitrogens is 4. The van der Waals surface area contributed by atoms with Crippen molar-refractivity contribution in [2.45, 2.75) is 58.2 Å². The van der Waals surface area contributed by atoms with E-state index in [9.17, 15) is 0 Å². The van der Waals surface area contributed by atoms with E-state index in [-0.39, 0.29) is 12.1 Å². The van der Waals surface area contributed by atoms with E-state index in [1.54, 1.807) is 0 Å². The molecule has 2 aromatic heterocycles. The van der Waals surface area contributed by atoms with Crippen LogP contribution in [0.2, 0.25) is 0 Å². The Morgan fingerprint density at radius 1 is 1.50 bits per heavy atom. The fourth-order valence-electron chi connectivity index (χ4n) is 2.64. The van der Waals surface area contributed by atoms with Crippen molar-refractivity contribution in [2.75, 3.05) is 11.9 Å². The SMILES string of the molecule is CCn1cc([C@H]2OCCC[C@@H]2Nc2nc(C(C)C)ns2)cn1. The molecule has 2 atom stereocenters. The van der Waals surface area contributed by atoms with Gasteiger partial charge in [-0.3, -0.25) is 4.68 Å². The van der Waals surface area contributed by atoms with Gasteiger partial charge in [0.05, 0.1) is 12.2 Å². The van der Waals surface area contributed by atoms with Crippen molar-refractivity contribution in [3.8, 4) is 0 Å². The van der Waals surface area contributed by atoms with Gasteiger partial charge in [0.25, 0.3) is 0 Å². The van der Waals surface area contributed by atoms with Crippen LogP contribution >= 0.6 is 11.5 Å². The number of rotatable bonds is 5. The summed E-state index contributed by atoms with van der Waals surface area (Å²) in [5.74, 6) is 1.26. The molecule has 3 heterocycles. The smallest absolute Gasteiger partial charge is 0.202 e. The van der Waals surface area contributed by atoms with E-state index in [2.05, 4.69) is 46.7 Å². The van der Waals surface area contributed by atoms with Crippen LogP contribution < -0.4 is 5.32 Å². The highest BCUT2D eigenvalue weighted by Crippen LogP contribution is 2.31. The van der Waals surface area contributed by atoms with Gasteiger partial charge in [0.2, 0.25) is 5.13 Å². The third kappa shape index (κ3) is 3.30. The Bertz CT molecular complexity index is 609. The molecule has 0 spiro atoms. The highest BCUT2D eigenvalue weighted by Gasteiger charge is 2.29. The predicted molar refractivity (Wildman–Crippen MR) is 87.2 cm³/mol. The second kappa shape index (κ2) is 6.75. The van der Waals surface area contributed by atoms with Crippen molar-refractivity contribution in [1.29, 1.82) is 0 Å². The van der Waals surface area contributed by atoms with Crippen LogP contribution in [0.4, 0.5) is 5.13 Å². The highest BCUT2D eigenvalue weighted by molar-refractivity contribution is 7.09. The summed E-state index contributed by atoms with van der Waals surface area (Å²) in [6.07, 6.45) is 6.14. The largest absolute Gasteiger partial charge is 0.371 e. The van der Waals surface area contributed by atoms with Crippen LogP contribution in [0.1, 0.15) is 57.0 Å². The maximum absolute atomic E-state index is 6.00. The van der Waals surface area contributed by atoms with Crippen LogP contribution in [0.5, 0.6) is 0 Å². The molecule has 2 aromatic rings. The molecule has 0 saturated carbocycles. The monoisotopic (exact) mass is 321 g/mol. The third-order valence-electron chi connectivity index (χ3n) is 3.90. The Hall–Kier alpha value is -1.47. The van der Waals surface area contributed by atoms with E-state index in [4.69, 9.17) is 4.74 Å². The Labute approximate surface area is 135 Å². The van der Waals surface area contributed by atoms with Crippen molar-refractivity contribution in [3.63, 3.8) is 0 Å². The van der Waals surface area contributed by atoms with Crippen LogP contribution in [0.15, 0.2) is 12.4 Å². The molecule has 3 rings (SSSR count). The normalized spacial score (nSPS) is 22.2. The molecule has 0 amide bonds. The zero-order chi connectivity index (χ0) is 15.5. The lowest BCUT2D eigenvalue weighted by Gasteiger charge is -2.31. The van der Waals surface area contributed by atoms with Crippen molar-refractivity contribution in [2.24, 2.45) is 0 Å². The predicted octanol–water partition coefficient (Wildman–Crippen LogP) is 3.21. The summed E-state index contributed by atoms with van der Waals surface area (Å²) in [7, 11) is 0. The number of nitrogens with zero attached hydrogens (tertiary/aromatic N) is 4. The first-order chi connectivity index (χ1) is 10.7. The molecule has 6 nitrogen and oxygen atoms in total. The number of hydrogen-bond acceptors (Lipinski definition) is 6. The van der Waals surface area contributed by atoms with Gasteiger partial charge >= 0.3 is 0 Å². The number of hydrogen-bond donors (Lipinski definition) is 1. The van der Waals surface area contributed by atoms with E-state index >= 15 is 0 Å². The Balaban J connectivity index is 1.74. The molecule has 120 valence electrons. The Kier molecular flexibility index (Phi) is 4.73. The fourth-order valence-corrected chi connectivity index (χ4v) is 3.41. The minimum atomic E-state index is 0.0282. The Morgan fingerprint density at radius 3 is 3.05 bits per heavy atom. The van der Waals surface area contributed by atoms with Gasteiger partial charge in [-0.1, -0.05) is 13.8 Å². The summed E-state index contributed by atoms with van der Waals surface area (Å²) in [5.41, 5.74) is 1.13. The lowest BCUT2D eigenvalue weighted by atomic mass is 9.98. The summed E-state index contributed by atoms with van der Waals surface area (Å²) >= 11 is 1.43. The van der Waals surface area contributed by atoms with E-state index in [0.29, 0.717) is 5.92 Å². The van der Waals surface area contributed by atoms with Crippen molar-refractivity contribution < 1.29 is 4.74 Å². The second-order valence-electron chi connectivity index (χ2n) is 5.93. The molecule has 0 bridgehead atoms. The maximum atomic E-state index is 6.00. The van der Waals surface area contributed by atoms with Crippen LogP contribution in [-0.2, 0) is 11.3 Å². The fraction of sp³-hybridized carbons (Fsp3) is 0.667. The van der Waals surface area contributed by atoms with Crippen molar-refractivity contribution in [1.82, 2.24) is 19.1 Å². The molecule has 7 heteroatoms. The minimum absolute atomic E-state index is 0.0282. The standard InChI is InChI=1S/C15H23N5OS/c1-4-20-9-11(8-16-20)13-12(6-5-7-21-13)17-15-18-14(10(2)3)19-22-15/h8-10,12-13H,4-7H2,1-3H3,(H,17,18,19)/t12-,13+/m0/s1. The number of nitrogens with one attached hydrogen (secondary N) is 1. The van der Waals surface area contributed by atoms with Crippen molar-refractivity contribution in [3.05, 3.63) is 23.8 Å². The molecule has 0 unspecified atom stereocenters. The Morgan fingerprint density at radius 2 is 2.36 bits per heavy atom. The summed E-state index contributed by atoms with van der Waals surface area (Å²) in [6.45, 7) is 7.98. The van der Waals surface area contributed by atoms with Gasteiger partial charge in [0, 0.05) is 42.4 Å². The van der Waals surface area contributed by atoms with Gasteiger partial charge in [-0.15, -0.1) is 0 Å². The quantitative estimate of drug-likeness (QED) is 0.916. The first-order valence-corrected chi connectivity index (χ1v) is 8.68. The third-order valence-corrected chi connectivity index (χ3v) is 4.56. The average Bonchev–Trinajstić information content (AvgIpc) is 3.16.